The number of anilines is 1. The first-order valence-electron chi connectivity index (χ1n) is 8.39. The summed E-state index contributed by atoms with van der Waals surface area (Å²) in [5, 5.41) is 14.1. The number of nitrogens with zero attached hydrogens (tertiary/aromatic N) is 1. The van der Waals surface area contributed by atoms with E-state index in [1.807, 2.05) is 0 Å². The van der Waals surface area contributed by atoms with Crippen molar-refractivity contribution in [3.8, 4) is 0 Å². The summed E-state index contributed by atoms with van der Waals surface area (Å²) in [6.45, 7) is 1.63. The Bertz CT molecular complexity index is 1060. The molecule has 0 bridgehead atoms. The summed E-state index contributed by atoms with van der Waals surface area (Å²) in [7, 11) is 0. The van der Waals surface area contributed by atoms with Crippen LogP contribution in [0.3, 0.4) is 0 Å². The third-order valence-corrected chi connectivity index (χ3v) is 5.07. The predicted octanol–water partition coefficient (Wildman–Crippen LogP) is 4.68. The molecule has 3 rings (SSSR count). The van der Waals surface area contributed by atoms with Gasteiger partial charge in [0.2, 0.25) is 5.91 Å². The normalized spacial score (nSPS) is 11.7. The SMILES string of the molecule is C.C[C@H](CO)n1ccc2c(NC(=O)Cc3ccc(Cl)c(Cl)c3)cccc2c1=O. The lowest BCUT2D eigenvalue weighted by atomic mass is 10.1. The Kier molecular flexibility index (Phi) is 7.24. The molecule has 0 saturated carbocycles. The van der Waals surface area contributed by atoms with E-state index < -0.39 is 0 Å². The minimum atomic E-state index is -0.324. The highest BCUT2D eigenvalue weighted by molar-refractivity contribution is 6.42. The summed E-state index contributed by atoms with van der Waals surface area (Å²) in [5.41, 5.74) is 1.08. The molecular weight excluding hydrogens is 399 g/mol. The van der Waals surface area contributed by atoms with Gasteiger partial charge in [0, 0.05) is 22.7 Å². The Labute approximate surface area is 173 Å². The van der Waals surface area contributed by atoms with Crippen molar-refractivity contribution in [3.63, 3.8) is 0 Å². The van der Waals surface area contributed by atoms with Crippen LogP contribution < -0.4 is 10.9 Å². The Morgan fingerprint density at radius 1 is 1.14 bits per heavy atom. The summed E-state index contributed by atoms with van der Waals surface area (Å²) >= 11 is 11.9. The van der Waals surface area contributed by atoms with Crippen molar-refractivity contribution >= 4 is 45.6 Å². The van der Waals surface area contributed by atoms with Crippen molar-refractivity contribution in [1.82, 2.24) is 4.57 Å². The zero-order valence-electron chi connectivity index (χ0n) is 14.6. The summed E-state index contributed by atoms with van der Waals surface area (Å²) in [6.07, 6.45) is 1.76. The molecule has 7 heteroatoms. The quantitative estimate of drug-likeness (QED) is 0.629. The number of carbonyl (C=O) groups excluding carboxylic acids is 1. The maximum absolute atomic E-state index is 12.6. The second-order valence-electron chi connectivity index (χ2n) is 6.30. The van der Waals surface area contributed by atoms with Gasteiger partial charge in [0.25, 0.3) is 5.56 Å². The molecule has 2 aromatic carbocycles. The molecule has 3 aromatic rings. The van der Waals surface area contributed by atoms with Gasteiger partial charge < -0.3 is 15.0 Å². The van der Waals surface area contributed by atoms with Crippen LogP contribution in [-0.2, 0) is 11.2 Å². The number of fused-ring (bicyclic) bond motifs is 1. The highest BCUT2D eigenvalue weighted by Crippen LogP contribution is 2.24. The van der Waals surface area contributed by atoms with Crippen LogP contribution in [0.5, 0.6) is 0 Å². The third-order valence-electron chi connectivity index (χ3n) is 4.33. The van der Waals surface area contributed by atoms with Gasteiger partial charge in [0.15, 0.2) is 0 Å². The molecule has 5 nitrogen and oxygen atoms in total. The van der Waals surface area contributed by atoms with E-state index in [0.717, 1.165) is 5.56 Å². The van der Waals surface area contributed by atoms with Gasteiger partial charge in [-0.2, -0.15) is 0 Å². The molecule has 148 valence electrons. The molecule has 0 aliphatic rings. The number of aliphatic hydroxyl groups is 1. The molecule has 1 heterocycles. The summed E-state index contributed by atoms with van der Waals surface area (Å²) in [4.78, 5) is 25.1. The van der Waals surface area contributed by atoms with Crippen LogP contribution in [0.4, 0.5) is 5.69 Å². The number of pyridine rings is 1. The van der Waals surface area contributed by atoms with Crippen LogP contribution in [0.25, 0.3) is 10.8 Å². The maximum atomic E-state index is 12.6. The predicted molar refractivity (Wildman–Crippen MR) is 116 cm³/mol. The number of hydrogen-bond acceptors (Lipinski definition) is 3. The molecule has 0 aliphatic carbocycles. The van der Waals surface area contributed by atoms with Gasteiger partial charge in [-0.1, -0.05) is 42.8 Å². The molecule has 1 atom stereocenters. The zero-order chi connectivity index (χ0) is 19.6. The van der Waals surface area contributed by atoms with Crippen LogP contribution in [0.15, 0.2) is 53.5 Å². The van der Waals surface area contributed by atoms with Gasteiger partial charge in [-0.3, -0.25) is 9.59 Å². The lowest BCUT2D eigenvalue weighted by Crippen LogP contribution is -2.25. The molecule has 0 aliphatic heterocycles. The van der Waals surface area contributed by atoms with Gasteiger partial charge >= 0.3 is 0 Å². The number of amides is 1. The lowest BCUT2D eigenvalue weighted by Gasteiger charge is -2.14. The summed E-state index contributed by atoms with van der Waals surface area (Å²) in [6, 6.07) is 11.6. The van der Waals surface area contributed by atoms with Gasteiger partial charge in [-0.05, 0) is 42.8 Å². The minimum Gasteiger partial charge on any atom is -0.394 e. The topological polar surface area (TPSA) is 71.3 Å². The second-order valence-corrected chi connectivity index (χ2v) is 7.11. The van der Waals surface area contributed by atoms with E-state index in [1.165, 1.54) is 4.57 Å². The monoisotopic (exact) mass is 420 g/mol. The van der Waals surface area contributed by atoms with Crippen LogP contribution in [0.2, 0.25) is 10.0 Å². The van der Waals surface area contributed by atoms with Gasteiger partial charge in [-0.25, -0.2) is 0 Å². The van der Waals surface area contributed by atoms with E-state index >= 15 is 0 Å². The van der Waals surface area contributed by atoms with Crippen molar-refractivity contribution in [2.75, 3.05) is 11.9 Å². The Hall–Kier alpha value is -2.34. The lowest BCUT2D eigenvalue weighted by molar-refractivity contribution is -0.115. The number of rotatable bonds is 5. The average molecular weight is 421 g/mol. The fraction of sp³-hybridized carbons (Fsp3) is 0.238. The first kappa shape index (κ1) is 22.0. The summed E-state index contributed by atoms with van der Waals surface area (Å²) < 4.78 is 1.48. The van der Waals surface area contributed by atoms with E-state index in [0.29, 0.717) is 26.5 Å². The second kappa shape index (κ2) is 9.24. The number of aliphatic hydroxyl groups excluding tert-OH is 1. The molecule has 0 unspecified atom stereocenters. The maximum Gasteiger partial charge on any atom is 0.258 e. The first-order valence-corrected chi connectivity index (χ1v) is 9.15. The minimum absolute atomic E-state index is 0. The third kappa shape index (κ3) is 4.55. The average Bonchev–Trinajstić information content (AvgIpc) is 2.65. The smallest absolute Gasteiger partial charge is 0.258 e. The Morgan fingerprint density at radius 3 is 2.57 bits per heavy atom. The highest BCUT2D eigenvalue weighted by atomic mass is 35.5. The van der Waals surface area contributed by atoms with E-state index in [4.69, 9.17) is 23.2 Å². The number of aromatic nitrogens is 1. The number of halogens is 2. The molecule has 2 N–H and O–H groups in total. The summed E-state index contributed by atoms with van der Waals surface area (Å²) in [5.74, 6) is -0.228. The molecule has 28 heavy (non-hydrogen) atoms. The van der Waals surface area contributed by atoms with Crippen LogP contribution in [0, 0.1) is 0 Å². The van der Waals surface area contributed by atoms with Crippen molar-refractivity contribution in [3.05, 3.63) is 74.6 Å². The number of benzene rings is 2. The largest absolute Gasteiger partial charge is 0.394 e. The number of carbonyl (C=O) groups is 1. The Morgan fingerprint density at radius 2 is 1.89 bits per heavy atom. The van der Waals surface area contributed by atoms with Crippen LogP contribution in [0.1, 0.15) is 26.0 Å². The number of nitrogens with one attached hydrogen (secondary N) is 1. The Balaban J connectivity index is 0.00000280. The molecule has 1 amide bonds. The molecule has 1 aromatic heterocycles. The van der Waals surface area contributed by atoms with E-state index in [1.54, 1.807) is 55.6 Å². The van der Waals surface area contributed by atoms with E-state index in [9.17, 15) is 14.7 Å². The molecule has 0 saturated heterocycles. The van der Waals surface area contributed by atoms with Crippen molar-refractivity contribution in [1.29, 1.82) is 0 Å². The van der Waals surface area contributed by atoms with Gasteiger partial charge in [0.05, 0.1) is 29.1 Å². The fourth-order valence-electron chi connectivity index (χ4n) is 2.87. The van der Waals surface area contributed by atoms with Crippen molar-refractivity contribution in [2.45, 2.75) is 26.8 Å². The molecule has 0 radical (unpaired) electrons. The van der Waals surface area contributed by atoms with Crippen molar-refractivity contribution < 1.29 is 9.90 Å². The standard InChI is InChI=1S/C20H18Cl2N2O3.CH4/c1-12(11-25)24-8-7-14-15(20(24)27)3-2-4-18(14)23-19(26)10-13-5-6-16(21)17(22)9-13;/h2-9,12,25H,10-11H2,1H3,(H,23,26);1H4/t12-;/m1./s1. The first-order chi connectivity index (χ1) is 12.9. The number of hydrogen-bond donors (Lipinski definition) is 2. The van der Waals surface area contributed by atoms with Crippen molar-refractivity contribution in [2.24, 2.45) is 0 Å². The van der Waals surface area contributed by atoms with E-state index in [2.05, 4.69) is 5.32 Å². The fourth-order valence-corrected chi connectivity index (χ4v) is 3.19. The molecular formula is C21H22Cl2N2O3. The van der Waals surface area contributed by atoms with Gasteiger partial charge in [0.1, 0.15) is 0 Å². The zero-order valence-corrected chi connectivity index (χ0v) is 16.1. The van der Waals surface area contributed by atoms with Crippen LogP contribution in [-0.4, -0.2) is 22.2 Å². The molecule has 0 spiro atoms. The van der Waals surface area contributed by atoms with E-state index in [-0.39, 0.29) is 38.0 Å². The van der Waals surface area contributed by atoms with Gasteiger partial charge in [-0.15, -0.1) is 0 Å². The van der Waals surface area contributed by atoms with Crippen LogP contribution >= 0.6 is 23.2 Å². The highest BCUT2D eigenvalue weighted by Gasteiger charge is 2.12. The molecule has 0 fully saturated rings.